The summed E-state index contributed by atoms with van der Waals surface area (Å²) in [5, 5.41) is 12.4. The van der Waals surface area contributed by atoms with E-state index in [0.29, 0.717) is 30.2 Å². The normalized spacial score (nSPS) is 16.5. The molecule has 3 aromatic rings. The molecule has 1 unspecified atom stereocenters. The fourth-order valence-electron chi connectivity index (χ4n) is 4.07. The van der Waals surface area contributed by atoms with Crippen LogP contribution in [0.3, 0.4) is 0 Å². The summed E-state index contributed by atoms with van der Waals surface area (Å²) < 4.78 is 29.5. The number of hydrogen-bond acceptors (Lipinski definition) is 2. The van der Waals surface area contributed by atoms with Crippen molar-refractivity contribution in [2.75, 3.05) is 13.1 Å². The first-order chi connectivity index (χ1) is 12.6. The number of aliphatic hydroxyl groups is 1. The van der Waals surface area contributed by atoms with E-state index < -0.39 is 6.10 Å². The van der Waals surface area contributed by atoms with Crippen molar-refractivity contribution in [3.8, 4) is 0 Å². The molecule has 3 nitrogen and oxygen atoms in total. The lowest BCUT2D eigenvalue weighted by Gasteiger charge is -2.38. The molecule has 1 N–H and O–H groups in total. The molecule has 0 spiro atoms. The SMILES string of the molecule is CCN(CC(O)Cn1c2cc(F)ccc2c2ccc(F)cc21)C1CCC1. The van der Waals surface area contributed by atoms with E-state index >= 15 is 0 Å². The van der Waals surface area contributed by atoms with Crippen LogP contribution in [-0.2, 0) is 6.54 Å². The number of benzene rings is 2. The fourth-order valence-corrected chi connectivity index (χ4v) is 4.07. The van der Waals surface area contributed by atoms with E-state index in [1.807, 2.05) is 4.57 Å². The predicted octanol–water partition coefficient (Wildman–Crippen LogP) is 4.31. The van der Waals surface area contributed by atoms with Gasteiger partial charge in [-0.3, -0.25) is 4.90 Å². The van der Waals surface area contributed by atoms with Gasteiger partial charge in [0.25, 0.3) is 0 Å². The van der Waals surface area contributed by atoms with Crippen LogP contribution in [0.25, 0.3) is 21.8 Å². The van der Waals surface area contributed by atoms with Crippen molar-refractivity contribution in [2.24, 2.45) is 0 Å². The van der Waals surface area contributed by atoms with Gasteiger partial charge in [-0.25, -0.2) is 8.78 Å². The van der Waals surface area contributed by atoms with Crippen molar-refractivity contribution in [3.05, 3.63) is 48.0 Å². The zero-order valence-corrected chi connectivity index (χ0v) is 15.0. The Morgan fingerprint density at radius 2 is 1.65 bits per heavy atom. The molecule has 0 aliphatic heterocycles. The molecule has 1 aromatic heterocycles. The Bertz CT molecular complexity index is 873. The van der Waals surface area contributed by atoms with Gasteiger partial charge in [0.05, 0.1) is 23.7 Å². The molecular formula is C21H24F2N2O. The second-order valence-corrected chi connectivity index (χ2v) is 7.26. The predicted molar refractivity (Wildman–Crippen MR) is 100 cm³/mol. The zero-order valence-electron chi connectivity index (χ0n) is 15.0. The smallest absolute Gasteiger partial charge is 0.125 e. The third kappa shape index (κ3) is 3.10. The van der Waals surface area contributed by atoms with E-state index in [4.69, 9.17) is 0 Å². The van der Waals surface area contributed by atoms with E-state index in [1.165, 1.54) is 43.5 Å². The first-order valence-corrected chi connectivity index (χ1v) is 9.36. The number of rotatable bonds is 6. The molecule has 2 aromatic carbocycles. The third-order valence-corrected chi connectivity index (χ3v) is 5.63. The number of nitrogens with zero attached hydrogens (tertiary/aromatic N) is 2. The van der Waals surface area contributed by atoms with Crippen molar-refractivity contribution in [2.45, 2.75) is 44.9 Å². The van der Waals surface area contributed by atoms with Crippen LogP contribution in [0.4, 0.5) is 8.78 Å². The number of halogens is 2. The Hall–Kier alpha value is -1.98. The van der Waals surface area contributed by atoms with Crippen molar-refractivity contribution >= 4 is 21.8 Å². The monoisotopic (exact) mass is 358 g/mol. The van der Waals surface area contributed by atoms with Gasteiger partial charge < -0.3 is 9.67 Å². The number of aliphatic hydroxyl groups excluding tert-OH is 1. The summed E-state index contributed by atoms with van der Waals surface area (Å²) in [5.74, 6) is -0.664. The highest BCUT2D eigenvalue weighted by Gasteiger charge is 2.25. The molecule has 0 saturated heterocycles. The van der Waals surface area contributed by atoms with E-state index in [-0.39, 0.29) is 11.6 Å². The van der Waals surface area contributed by atoms with Gasteiger partial charge in [-0.05, 0) is 55.8 Å². The molecule has 1 aliphatic rings. The quantitative estimate of drug-likeness (QED) is 0.711. The van der Waals surface area contributed by atoms with Gasteiger partial charge in [-0.15, -0.1) is 0 Å². The van der Waals surface area contributed by atoms with Crippen molar-refractivity contribution in [1.29, 1.82) is 0 Å². The van der Waals surface area contributed by atoms with Crippen LogP contribution in [0.2, 0.25) is 0 Å². The highest BCUT2D eigenvalue weighted by Crippen LogP contribution is 2.31. The van der Waals surface area contributed by atoms with Crippen LogP contribution in [0.5, 0.6) is 0 Å². The molecule has 5 heteroatoms. The topological polar surface area (TPSA) is 28.4 Å². The van der Waals surface area contributed by atoms with Gasteiger partial charge >= 0.3 is 0 Å². The largest absolute Gasteiger partial charge is 0.390 e. The van der Waals surface area contributed by atoms with Gasteiger partial charge in [-0.1, -0.05) is 13.3 Å². The minimum absolute atomic E-state index is 0.316. The lowest BCUT2D eigenvalue weighted by atomic mass is 9.91. The maximum absolute atomic E-state index is 13.8. The summed E-state index contributed by atoms with van der Waals surface area (Å²) in [4.78, 5) is 2.31. The summed E-state index contributed by atoms with van der Waals surface area (Å²) in [6, 6.07) is 9.76. The minimum atomic E-state index is -0.596. The number of aromatic nitrogens is 1. The Kier molecular flexibility index (Phi) is 4.67. The van der Waals surface area contributed by atoms with E-state index in [1.54, 1.807) is 12.1 Å². The van der Waals surface area contributed by atoms with Crippen LogP contribution in [0.15, 0.2) is 36.4 Å². The average molecular weight is 358 g/mol. The second-order valence-electron chi connectivity index (χ2n) is 7.26. The molecule has 4 rings (SSSR count). The van der Waals surface area contributed by atoms with Gasteiger partial charge in [0, 0.05) is 23.4 Å². The molecule has 1 saturated carbocycles. The fraction of sp³-hybridized carbons (Fsp3) is 0.429. The lowest BCUT2D eigenvalue weighted by Crippen LogP contribution is -2.44. The van der Waals surface area contributed by atoms with E-state index in [2.05, 4.69) is 11.8 Å². The van der Waals surface area contributed by atoms with Gasteiger partial charge in [0.1, 0.15) is 11.6 Å². The Morgan fingerprint density at radius 1 is 1.08 bits per heavy atom. The highest BCUT2D eigenvalue weighted by atomic mass is 19.1. The molecule has 0 bridgehead atoms. The summed E-state index contributed by atoms with van der Waals surface area (Å²) >= 11 is 0. The van der Waals surface area contributed by atoms with Crippen LogP contribution in [-0.4, -0.2) is 39.8 Å². The summed E-state index contributed by atoms with van der Waals surface area (Å²) in [6.07, 6.45) is 3.03. The van der Waals surface area contributed by atoms with E-state index in [9.17, 15) is 13.9 Å². The summed E-state index contributed by atoms with van der Waals surface area (Å²) in [7, 11) is 0. The number of fused-ring (bicyclic) bond motifs is 3. The molecule has 26 heavy (non-hydrogen) atoms. The second kappa shape index (κ2) is 6.97. The summed E-state index contributed by atoms with van der Waals surface area (Å²) in [6.45, 7) is 3.90. The van der Waals surface area contributed by atoms with Crippen LogP contribution < -0.4 is 0 Å². The Labute approximate surface area is 151 Å². The summed E-state index contributed by atoms with van der Waals surface area (Å²) in [5.41, 5.74) is 1.38. The zero-order chi connectivity index (χ0) is 18.3. The molecule has 1 aliphatic carbocycles. The van der Waals surface area contributed by atoms with Crippen molar-refractivity contribution < 1.29 is 13.9 Å². The maximum Gasteiger partial charge on any atom is 0.125 e. The highest BCUT2D eigenvalue weighted by molar-refractivity contribution is 6.08. The average Bonchev–Trinajstić information content (AvgIpc) is 2.85. The van der Waals surface area contributed by atoms with Gasteiger partial charge in [0.2, 0.25) is 0 Å². The van der Waals surface area contributed by atoms with Crippen molar-refractivity contribution in [1.82, 2.24) is 9.47 Å². The third-order valence-electron chi connectivity index (χ3n) is 5.63. The molecule has 138 valence electrons. The molecule has 0 amide bonds. The van der Waals surface area contributed by atoms with Gasteiger partial charge in [-0.2, -0.15) is 0 Å². The minimum Gasteiger partial charge on any atom is -0.390 e. The molecular weight excluding hydrogens is 334 g/mol. The first kappa shape index (κ1) is 17.4. The van der Waals surface area contributed by atoms with Crippen LogP contribution in [0.1, 0.15) is 26.2 Å². The molecule has 1 heterocycles. The first-order valence-electron chi connectivity index (χ1n) is 9.36. The maximum atomic E-state index is 13.8. The standard InChI is InChI=1S/C21H24F2N2O/c1-2-24(16-4-3-5-16)12-17(26)13-25-20-10-14(22)6-8-18(20)19-9-7-15(23)11-21(19)25/h6-11,16-17,26H,2-5,12-13H2,1H3. The van der Waals surface area contributed by atoms with Crippen molar-refractivity contribution in [3.63, 3.8) is 0 Å². The van der Waals surface area contributed by atoms with E-state index in [0.717, 1.165) is 17.3 Å². The molecule has 1 fully saturated rings. The van der Waals surface area contributed by atoms with Gasteiger partial charge in [0.15, 0.2) is 0 Å². The number of hydrogen-bond donors (Lipinski definition) is 1. The lowest BCUT2D eigenvalue weighted by molar-refractivity contribution is 0.0552. The number of likely N-dealkylation sites (N-methyl/N-ethyl adjacent to an activating group) is 1. The van der Waals surface area contributed by atoms with Crippen LogP contribution >= 0.6 is 0 Å². The van der Waals surface area contributed by atoms with Crippen LogP contribution in [0, 0.1) is 11.6 Å². The Morgan fingerprint density at radius 3 is 2.12 bits per heavy atom. The molecule has 0 radical (unpaired) electrons. The Balaban J connectivity index is 1.69. The molecule has 1 atom stereocenters.